The third-order valence-corrected chi connectivity index (χ3v) is 2.68. The Morgan fingerprint density at radius 3 is 2.65 bits per heavy atom. The maximum absolute atomic E-state index is 11.7. The summed E-state index contributed by atoms with van der Waals surface area (Å²) in [6.07, 6.45) is 0. The fraction of sp³-hybridized carbons (Fsp3) is 0.167. The molecule has 1 heterocycles. The highest BCUT2D eigenvalue weighted by atomic mass is 16.5. The Bertz CT molecular complexity index is 657. The second-order valence-corrected chi connectivity index (χ2v) is 3.64. The average Bonchev–Trinajstić information content (AvgIpc) is 2.32. The van der Waals surface area contributed by atoms with Crippen molar-refractivity contribution in [2.24, 2.45) is 7.05 Å². The first-order valence-electron chi connectivity index (χ1n) is 4.95. The number of carbonyl (C=O) groups is 1. The molecule has 1 aromatic carbocycles. The predicted octanol–water partition coefficient (Wildman–Crippen LogP) is 1.25. The Morgan fingerprint density at radius 2 is 2.06 bits per heavy atom. The maximum Gasteiger partial charge on any atom is 0.352 e. The van der Waals surface area contributed by atoms with Gasteiger partial charge in [-0.3, -0.25) is 4.79 Å². The average molecular weight is 233 g/mol. The highest BCUT2D eigenvalue weighted by Crippen LogP contribution is 2.18. The van der Waals surface area contributed by atoms with Gasteiger partial charge in [0.1, 0.15) is 11.4 Å². The molecular formula is C12H11NO4. The van der Waals surface area contributed by atoms with Crippen molar-refractivity contribution >= 4 is 16.9 Å². The molecule has 2 aromatic rings. The van der Waals surface area contributed by atoms with Gasteiger partial charge in [-0.05, 0) is 12.1 Å². The first kappa shape index (κ1) is 11.2. The minimum atomic E-state index is -1.13. The van der Waals surface area contributed by atoms with Gasteiger partial charge < -0.3 is 14.4 Å². The molecule has 0 saturated carbocycles. The Kier molecular flexibility index (Phi) is 2.59. The number of aryl methyl sites for hydroxylation is 1. The number of aromatic carboxylic acids is 1. The van der Waals surface area contributed by atoms with Crippen LogP contribution in [-0.4, -0.2) is 22.8 Å². The predicted molar refractivity (Wildman–Crippen MR) is 62.7 cm³/mol. The van der Waals surface area contributed by atoms with Gasteiger partial charge in [-0.25, -0.2) is 4.79 Å². The standard InChI is InChI=1S/C12H11NO4/c1-13-9-5-7(17-2)3-4-8(9)11(14)6-10(13)12(15)16/h3-6H,1-2H3,(H,15,16). The van der Waals surface area contributed by atoms with E-state index in [1.165, 1.54) is 11.7 Å². The van der Waals surface area contributed by atoms with Crippen LogP contribution in [0.3, 0.4) is 0 Å². The molecule has 0 atom stereocenters. The highest BCUT2D eigenvalue weighted by molar-refractivity contribution is 5.90. The van der Waals surface area contributed by atoms with Crippen LogP contribution in [0.1, 0.15) is 10.5 Å². The summed E-state index contributed by atoms with van der Waals surface area (Å²) in [5, 5.41) is 9.46. The third-order valence-electron chi connectivity index (χ3n) is 2.68. The topological polar surface area (TPSA) is 68.5 Å². The Balaban J connectivity index is 2.90. The molecule has 0 aliphatic carbocycles. The van der Waals surface area contributed by atoms with Crippen LogP contribution in [0.5, 0.6) is 5.75 Å². The van der Waals surface area contributed by atoms with Crippen molar-refractivity contribution in [3.8, 4) is 5.75 Å². The lowest BCUT2D eigenvalue weighted by Crippen LogP contribution is -2.15. The molecular weight excluding hydrogens is 222 g/mol. The molecule has 88 valence electrons. The number of aromatic nitrogens is 1. The van der Waals surface area contributed by atoms with E-state index in [9.17, 15) is 9.59 Å². The number of ether oxygens (including phenoxy) is 1. The van der Waals surface area contributed by atoms with Gasteiger partial charge in [-0.15, -0.1) is 0 Å². The minimum Gasteiger partial charge on any atom is -0.497 e. The summed E-state index contributed by atoms with van der Waals surface area (Å²) in [5.74, 6) is -0.552. The van der Waals surface area contributed by atoms with Gasteiger partial charge in [0.15, 0.2) is 5.43 Å². The molecule has 17 heavy (non-hydrogen) atoms. The van der Waals surface area contributed by atoms with E-state index >= 15 is 0 Å². The normalized spacial score (nSPS) is 10.5. The number of nitrogens with zero attached hydrogens (tertiary/aromatic N) is 1. The van der Waals surface area contributed by atoms with Gasteiger partial charge in [-0.2, -0.15) is 0 Å². The van der Waals surface area contributed by atoms with Gasteiger partial charge in [0.2, 0.25) is 0 Å². The first-order valence-corrected chi connectivity index (χ1v) is 4.95. The lowest BCUT2D eigenvalue weighted by molar-refractivity contribution is 0.0686. The number of methoxy groups -OCH3 is 1. The molecule has 5 nitrogen and oxygen atoms in total. The van der Waals surface area contributed by atoms with E-state index in [2.05, 4.69) is 0 Å². The van der Waals surface area contributed by atoms with Crippen LogP contribution in [0.25, 0.3) is 10.9 Å². The van der Waals surface area contributed by atoms with Crippen LogP contribution in [-0.2, 0) is 7.05 Å². The summed E-state index contributed by atoms with van der Waals surface area (Å²) >= 11 is 0. The number of hydrogen-bond acceptors (Lipinski definition) is 3. The third kappa shape index (κ3) is 1.75. The largest absolute Gasteiger partial charge is 0.497 e. The van der Waals surface area contributed by atoms with Gasteiger partial charge in [-0.1, -0.05) is 0 Å². The number of benzene rings is 1. The van der Waals surface area contributed by atoms with Crippen LogP contribution < -0.4 is 10.2 Å². The molecule has 0 aliphatic rings. The Labute approximate surface area is 96.9 Å². The van der Waals surface area contributed by atoms with E-state index in [0.717, 1.165) is 6.07 Å². The van der Waals surface area contributed by atoms with Crippen molar-refractivity contribution in [2.75, 3.05) is 7.11 Å². The zero-order chi connectivity index (χ0) is 12.6. The highest BCUT2D eigenvalue weighted by Gasteiger charge is 2.12. The van der Waals surface area contributed by atoms with Crippen molar-refractivity contribution in [1.29, 1.82) is 0 Å². The van der Waals surface area contributed by atoms with Crippen molar-refractivity contribution in [3.63, 3.8) is 0 Å². The number of hydrogen-bond donors (Lipinski definition) is 1. The molecule has 0 fully saturated rings. The first-order chi connectivity index (χ1) is 8.04. The molecule has 0 radical (unpaired) electrons. The number of carboxylic acid groups (broad SMARTS) is 1. The summed E-state index contributed by atoms with van der Waals surface area (Å²) in [6.45, 7) is 0. The summed E-state index contributed by atoms with van der Waals surface area (Å²) in [7, 11) is 3.12. The second kappa shape index (κ2) is 3.93. The molecule has 5 heteroatoms. The van der Waals surface area contributed by atoms with Gasteiger partial charge in [0.25, 0.3) is 0 Å². The fourth-order valence-electron chi connectivity index (χ4n) is 1.76. The van der Waals surface area contributed by atoms with Crippen LogP contribution in [0.15, 0.2) is 29.1 Å². The monoisotopic (exact) mass is 233 g/mol. The quantitative estimate of drug-likeness (QED) is 0.847. The fourth-order valence-corrected chi connectivity index (χ4v) is 1.76. The molecule has 0 saturated heterocycles. The van der Waals surface area contributed by atoms with E-state index in [4.69, 9.17) is 9.84 Å². The smallest absolute Gasteiger partial charge is 0.352 e. The van der Waals surface area contributed by atoms with Crippen LogP contribution in [0, 0.1) is 0 Å². The molecule has 0 aliphatic heterocycles. The molecule has 1 aromatic heterocycles. The van der Waals surface area contributed by atoms with E-state index < -0.39 is 5.97 Å². The van der Waals surface area contributed by atoms with E-state index in [-0.39, 0.29) is 11.1 Å². The van der Waals surface area contributed by atoms with E-state index in [0.29, 0.717) is 16.7 Å². The van der Waals surface area contributed by atoms with Gasteiger partial charge in [0.05, 0.1) is 12.6 Å². The number of pyridine rings is 1. The lowest BCUT2D eigenvalue weighted by atomic mass is 10.1. The summed E-state index contributed by atoms with van der Waals surface area (Å²) in [4.78, 5) is 22.7. The Hall–Kier alpha value is -2.30. The van der Waals surface area contributed by atoms with Crippen molar-refractivity contribution in [1.82, 2.24) is 4.57 Å². The molecule has 0 spiro atoms. The van der Waals surface area contributed by atoms with Gasteiger partial charge >= 0.3 is 5.97 Å². The zero-order valence-electron chi connectivity index (χ0n) is 9.43. The summed E-state index contributed by atoms with van der Waals surface area (Å²) in [5.41, 5.74) is 0.183. The van der Waals surface area contributed by atoms with Crippen molar-refractivity contribution < 1.29 is 14.6 Å². The zero-order valence-corrected chi connectivity index (χ0v) is 9.43. The number of rotatable bonds is 2. The number of fused-ring (bicyclic) bond motifs is 1. The SMILES string of the molecule is COc1ccc2c(=O)cc(C(=O)O)n(C)c2c1. The second-order valence-electron chi connectivity index (χ2n) is 3.64. The van der Waals surface area contributed by atoms with E-state index in [1.807, 2.05) is 0 Å². The van der Waals surface area contributed by atoms with Crippen LogP contribution in [0.4, 0.5) is 0 Å². The summed E-state index contributed by atoms with van der Waals surface area (Å²) in [6, 6.07) is 6.06. The molecule has 0 amide bonds. The van der Waals surface area contributed by atoms with Crippen molar-refractivity contribution in [2.45, 2.75) is 0 Å². The lowest BCUT2D eigenvalue weighted by Gasteiger charge is -2.10. The van der Waals surface area contributed by atoms with Crippen LogP contribution >= 0.6 is 0 Å². The molecule has 1 N–H and O–H groups in total. The Morgan fingerprint density at radius 1 is 1.35 bits per heavy atom. The maximum atomic E-state index is 11.7. The summed E-state index contributed by atoms with van der Waals surface area (Å²) < 4.78 is 6.51. The minimum absolute atomic E-state index is 0.0456. The molecule has 0 unspecified atom stereocenters. The van der Waals surface area contributed by atoms with Gasteiger partial charge in [0, 0.05) is 24.6 Å². The molecule has 0 bridgehead atoms. The number of carboxylic acids is 1. The molecule has 2 rings (SSSR count). The van der Waals surface area contributed by atoms with Crippen molar-refractivity contribution in [3.05, 3.63) is 40.2 Å². The van der Waals surface area contributed by atoms with E-state index in [1.54, 1.807) is 25.2 Å². The van der Waals surface area contributed by atoms with Crippen LogP contribution in [0.2, 0.25) is 0 Å².